The van der Waals surface area contributed by atoms with Gasteiger partial charge >= 0.3 is 23.3 Å². The van der Waals surface area contributed by atoms with E-state index >= 15 is 0 Å². The molecule has 0 aliphatic rings. The van der Waals surface area contributed by atoms with Crippen molar-refractivity contribution in [1.82, 2.24) is 0 Å². The van der Waals surface area contributed by atoms with Gasteiger partial charge in [0, 0.05) is 10.4 Å². The first kappa shape index (κ1) is 22.5. The minimum atomic E-state index is -5.17. The van der Waals surface area contributed by atoms with E-state index in [2.05, 4.69) is 0 Å². The Labute approximate surface area is 82.7 Å². The Hall–Kier alpha value is -0.668. The molecule has 0 aliphatic carbocycles. The van der Waals surface area contributed by atoms with Crippen molar-refractivity contribution in [2.45, 2.75) is 0 Å². The van der Waals surface area contributed by atoms with Crippen LogP contribution in [0.25, 0.3) is 0 Å². The first-order valence-electron chi connectivity index (χ1n) is 1.40. The summed E-state index contributed by atoms with van der Waals surface area (Å²) in [6.45, 7) is 0. The van der Waals surface area contributed by atoms with Crippen molar-refractivity contribution < 1.29 is 40.8 Å². The normalized spacial score (nSPS) is 6.83. The average molecular weight is 297 g/mol. The van der Waals surface area contributed by atoms with Crippen molar-refractivity contribution in [2.75, 3.05) is 0 Å². The van der Waals surface area contributed by atoms with Gasteiger partial charge in [0.2, 0.25) is 0 Å². The van der Waals surface area contributed by atoms with Gasteiger partial charge in [0.15, 0.2) is 0 Å². The maximum atomic E-state index is 8.52. The van der Waals surface area contributed by atoms with Crippen LogP contribution in [0.4, 0.5) is 0 Å². The van der Waals surface area contributed by atoms with Crippen LogP contribution >= 0.6 is 0 Å². The van der Waals surface area contributed by atoms with Crippen molar-refractivity contribution in [2.24, 2.45) is 10.7 Å². The van der Waals surface area contributed by atoms with E-state index in [4.69, 9.17) is 37.8 Å². The average Bonchev–Trinajstić information content (AvgIpc) is 1.62. The second kappa shape index (κ2) is 16.7. The fraction of sp³-hybridized carbons (Fsp3) is 0. The van der Waals surface area contributed by atoms with Crippen LogP contribution in [0.1, 0.15) is 2.85 Å². The van der Waals surface area contributed by atoms with E-state index in [9.17, 15) is 0 Å². The summed E-state index contributed by atoms with van der Waals surface area (Å²) < 4.78 is 34.1. The van der Waals surface area contributed by atoms with Crippen LogP contribution in [-0.2, 0) is 30.8 Å². The molecule has 0 fully saturated rings. The molecule has 0 amide bonds. The predicted molar refractivity (Wildman–Crippen MR) is 31.0 cm³/mol. The zero-order valence-electron chi connectivity index (χ0n) is 6.88. The fourth-order valence-electron chi connectivity index (χ4n) is 0. The van der Waals surface area contributed by atoms with Gasteiger partial charge in [-0.05, 0) is 0 Å². The molecule has 0 aliphatic heterocycles. The van der Waals surface area contributed by atoms with Gasteiger partial charge in [0.1, 0.15) is 0 Å². The third-order valence-corrected chi connectivity index (χ3v) is 0. The molecule has 0 heterocycles. The van der Waals surface area contributed by atoms with Crippen LogP contribution in [0.2, 0.25) is 0 Å². The summed E-state index contributed by atoms with van der Waals surface area (Å²) in [6, 6.07) is 0. The van der Waals surface area contributed by atoms with E-state index in [1.807, 2.05) is 0 Å². The van der Waals surface area contributed by atoms with Crippen LogP contribution < -0.4 is 0 Å². The molecule has 0 aromatic rings. The van der Waals surface area contributed by atoms with Crippen molar-refractivity contribution >= 4 is 10.4 Å². The Morgan fingerprint density at radius 3 is 1.00 bits per heavy atom. The Bertz CT molecular complexity index is 166. The van der Waals surface area contributed by atoms with Crippen LogP contribution in [-0.4, -0.2) is 17.5 Å². The Morgan fingerprint density at radius 1 is 1.00 bits per heavy atom. The third-order valence-electron chi connectivity index (χ3n) is 0. The van der Waals surface area contributed by atoms with Gasteiger partial charge < -0.3 is 29.3 Å². The van der Waals surface area contributed by atoms with Crippen molar-refractivity contribution in [1.29, 1.82) is 0 Å². The minimum Gasteiger partial charge on any atom is -0.759 e. The van der Waals surface area contributed by atoms with Crippen molar-refractivity contribution in [3.05, 3.63) is 20.2 Å². The first-order valence-corrected chi connectivity index (χ1v) is 2.73. The van der Waals surface area contributed by atoms with Crippen LogP contribution in [0.3, 0.4) is 0 Å². The molecule has 0 aromatic carbocycles. The Balaban J connectivity index is -0.0000000162. The second-order valence-electron chi connectivity index (χ2n) is 0.557. The number of hydrogen-bond acceptors (Lipinski definition) is 10. The molecule has 12 heteroatoms. The summed E-state index contributed by atoms with van der Waals surface area (Å²) >= 11 is 0. The predicted octanol–water partition coefficient (Wildman–Crippen LogP) is -0.614. The first-order chi connectivity index (χ1) is 4.83. The van der Waals surface area contributed by atoms with E-state index in [-0.39, 0.29) is 23.3 Å². The molecule has 0 atom stereocenters. The molecule has 0 bridgehead atoms. The summed E-state index contributed by atoms with van der Waals surface area (Å²) in [4.78, 5) is 16.0. The van der Waals surface area contributed by atoms with E-state index < -0.39 is 10.4 Å². The molecule has 0 spiro atoms. The molecular formula is H2N2O8PdS. The minimum absolute atomic E-state index is 0. The van der Waals surface area contributed by atoms with Crippen molar-refractivity contribution in [3.8, 4) is 0 Å². The summed E-state index contributed by atoms with van der Waals surface area (Å²) in [6.07, 6.45) is 0. The van der Waals surface area contributed by atoms with Gasteiger partial charge in [-0.25, -0.2) is 0 Å². The molecule has 0 radical (unpaired) electrons. The summed E-state index contributed by atoms with van der Waals surface area (Å²) in [7, 11) is -5.17. The van der Waals surface area contributed by atoms with E-state index in [0.29, 0.717) is 0 Å². The fourth-order valence-corrected chi connectivity index (χ4v) is 0. The number of nitrogens with zero attached hydrogens (tertiary/aromatic N) is 2. The molecule has 10 nitrogen and oxygen atoms in total. The number of rotatable bonds is 0. The molecule has 76 valence electrons. The molecule has 0 rings (SSSR count). The van der Waals surface area contributed by atoms with Gasteiger partial charge in [-0.2, -0.15) is 0 Å². The molecule has 0 N–H and O–H groups in total. The molecule has 0 aromatic heterocycles. The second-order valence-corrected chi connectivity index (χ2v) is 1.37. The van der Waals surface area contributed by atoms with Gasteiger partial charge in [-0.1, -0.05) is 0 Å². The Kier molecular flexibility index (Phi) is 31.4. The zero-order valence-corrected chi connectivity index (χ0v) is 7.26. The topological polar surface area (TPSA) is 185 Å². The van der Waals surface area contributed by atoms with E-state index in [1.165, 1.54) is 0 Å². The van der Waals surface area contributed by atoms with Gasteiger partial charge in [-0.3, -0.25) is 8.42 Å². The standard InChI is InChI=1S/2HNO2.H2O4S.Pd/c2*2-1-3;1-5(2,3)4;/h2*(H,2,3);(H2,1,2,3,4);/q;;;+2/p-2. The number of hydrogen-bond donors (Lipinski definition) is 0. The van der Waals surface area contributed by atoms with Gasteiger partial charge in [-0.15, -0.1) is 10.7 Å². The Morgan fingerprint density at radius 2 is 1.00 bits per heavy atom. The molecule has 12 heavy (non-hydrogen) atoms. The zero-order chi connectivity index (χ0) is 9.91. The summed E-state index contributed by atoms with van der Waals surface area (Å²) in [5, 5.41) is 18.0. The smallest absolute Gasteiger partial charge is 0.759 e. The molecule has 0 unspecified atom stereocenters. The molecule has 0 saturated heterocycles. The monoisotopic (exact) mass is 296 g/mol. The summed E-state index contributed by atoms with van der Waals surface area (Å²) in [5.74, 6) is 0. The summed E-state index contributed by atoms with van der Waals surface area (Å²) in [5.41, 5.74) is 0. The van der Waals surface area contributed by atoms with E-state index in [0.717, 1.165) is 10.7 Å². The van der Waals surface area contributed by atoms with Gasteiger partial charge in [0.25, 0.3) is 0 Å². The van der Waals surface area contributed by atoms with E-state index in [1.54, 1.807) is 0 Å². The van der Waals surface area contributed by atoms with Crippen LogP contribution in [0.15, 0.2) is 10.7 Å². The quantitative estimate of drug-likeness (QED) is 0.186. The molecule has 0 saturated carbocycles. The largest absolute Gasteiger partial charge is 2.00 e. The van der Waals surface area contributed by atoms with Crippen LogP contribution in [0.5, 0.6) is 0 Å². The SMILES string of the molecule is O=N[O-].O=N[O-].O=S(=O)([O-])[O-].[H+].[H+].[Pd+2]. The van der Waals surface area contributed by atoms with Gasteiger partial charge in [0.05, 0.1) is 0 Å². The maximum Gasteiger partial charge on any atom is 2.00 e. The third kappa shape index (κ3) is 1450. The molecular weight excluding hydrogens is 294 g/mol. The maximum absolute atomic E-state index is 8.52. The van der Waals surface area contributed by atoms with Crippen LogP contribution in [0, 0.1) is 20.2 Å². The van der Waals surface area contributed by atoms with Crippen molar-refractivity contribution in [3.63, 3.8) is 0 Å².